The fourth-order valence-electron chi connectivity index (χ4n) is 7.20. The van der Waals surface area contributed by atoms with E-state index in [4.69, 9.17) is 0 Å². The van der Waals surface area contributed by atoms with Gasteiger partial charge in [-0.05, 0) is 93.9 Å². The number of anilines is 2. The number of hydrogen-bond acceptors (Lipinski definition) is 1. The van der Waals surface area contributed by atoms with E-state index in [1.807, 2.05) is 13.8 Å². The molecular formula is C51H46N2. The van der Waals surface area contributed by atoms with Crippen LogP contribution < -0.4 is 5.32 Å². The van der Waals surface area contributed by atoms with Gasteiger partial charge >= 0.3 is 0 Å². The molecule has 7 aromatic carbocycles. The molecule has 2 nitrogen and oxygen atoms in total. The number of benzene rings is 7. The molecule has 0 radical (unpaired) electrons. The number of allylic oxidation sites excluding steroid dienone is 3. The van der Waals surface area contributed by atoms with Crippen molar-refractivity contribution in [3.63, 3.8) is 0 Å². The van der Waals surface area contributed by atoms with Crippen LogP contribution in [0, 0.1) is 0 Å². The van der Waals surface area contributed by atoms with Crippen molar-refractivity contribution in [3.8, 4) is 27.9 Å². The van der Waals surface area contributed by atoms with Crippen LogP contribution in [0.3, 0.4) is 0 Å². The first-order valence-electron chi connectivity index (χ1n) is 18.8. The van der Waals surface area contributed by atoms with Gasteiger partial charge in [-0.2, -0.15) is 0 Å². The number of nitrogens with one attached hydrogen (secondary N) is 1. The summed E-state index contributed by atoms with van der Waals surface area (Å²) in [6.45, 7) is 10.9. The molecule has 0 amide bonds. The number of nitrogens with zero attached hydrogens (tertiary/aromatic N) is 1. The average molecular weight is 687 g/mol. The van der Waals surface area contributed by atoms with Crippen LogP contribution in [-0.4, -0.2) is 4.57 Å². The summed E-state index contributed by atoms with van der Waals surface area (Å²) in [6, 6.07) is 62.7. The minimum atomic E-state index is 0.955. The summed E-state index contributed by atoms with van der Waals surface area (Å²) in [5, 5.41) is 6.20. The molecule has 0 saturated carbocycles. The highest BCUT2D eigenvalue weighted by molar-refractivity contribution is 6.10. The maximum absolute atomic E-state index is 4.61. The van der Waals surface area contributed by atoms with E-state index in [1.165, 1.54) is 55.2 Å². The molecule has 0 fully saturated rings. The average Bonchev–Trinajstić information content (AvgIpc) is 3.56. The Morgan fingerprint density at radius 1 is 0.566 bits per heavy atom. The number of aromatic nitrogens is 1. The van der Waals surface area contributed by atoms with Gasteiger partial charge in [0.1, 0.15) is 0 Å². The molecule has 0 atom stereocenters. The van der Waals surface area contributed by atoms with Gasteiger partial charge < -0.3 is 9.88 Å². The molecule has 1 heterocycles. The molecule has 0 unspecified atom stereocenters. The fourth-order valence-corrected chi connectivity index (χ4v) is 7.20. The summed E-state index contributed by atoms with van der Waals surface area (Å²) in [4.78, 5) is 0. The number of hydrogen-bond donors (Lipinski definition) is 1. The number of rotatable bonds is 10. The van der Waals surface area contributed by atoms with Gasteiger partial charge in [0.15, 0.2) is 0 Å². The molecule has 0 aliphatic carbocycles. The van der Waals surface area contributed by atoms with Gasteiger partial charge in [0.25, 0.3) is 0 Å². The highest BCUT2D eigenvalue weighted by Gasteiger charge is 2.15. The lowest BCUT2D eigenvalue weighted by Crippen LogP contribution is -1.96. The zero-order chi connectivity index (χ0) is 36.6. The third-order valence-corrected chi connectivity index (χ3v) is 9.64. The molecular weight excluding hydrogens is 641 g/mol. The van der Waals surface area contributed by atoms with Crippen LogP contribution >= 0.6 is 0 Å². The summed E-state index contributed by atoms with van der Waals surface area (Å²) in [6.07, 6.45) is 4.28. The van der Waals surface area contributed by atoms with Crippen LogP contribution in [0.1, 0.15) is 44.7 Å². The Morgan fingerprint density at radius 2 is 1.17 bits per heavy atom. The molecule has 0 spiro atoms. The summed E-state index contributed by atoms with van der Waals surface area (Å²) < 4.78 is 2.40. The van der Waals surface area contributed by atoms with Gasteiger partial charge in [0.05, 0.1) is 11.0 Å². The molecule has 53 heavy (non-hydrogen) atoms. The van der Waals surface area contributed by atoms with Crippen molar-refractivity contribution in [1.82, 2.24) is 4.57 Å². The van der Waals surface area contributed by atoms with Crippen molar-refractivity contribution >= 4 is 44.3 Å². The van der Waals surface area contributed by atoms with Crippen molar-refractivity contribution in [2.75, 3.05) is 5.32 Å². The van der Waals surface area contributed by atoms with Crippen molar-refractivity contribution in [1.29, 1.82) is 0 Å². The fraction of sp³-hybridized carbons (Fsp3) is 0.0980. The minimum Gasteiger partial charge on any atom is -0.355 e. The summed E-state index contributed by atoms with van der Waals surface area (Å²) >= 11 is 0. The third kappa shape index (κ3) is 7.49. The Labute approximate surface area is 314 Å². The number of fused-ring (bicyclic) bond motifs is 3. The van der Waals surface area contributed by atoms with Crippen LogP contribution in [0.4, 0.5) is 11.4 Å². The molecule has 8 rings (SSSR count). The highest BCUT2D eigenvalue weighted by atomic mass is 15.0. The predicted molar refractivity (Wildman–Crippen MR) is 231 cm³/mol. The normalized spacial score (nSPS) is 11.3. The maximum Gasteiger partial charge on any atom is 0.0541 e. The van der Waals surface area contributed by atoms with Crippen molar-refractivity contribution in [2.24, 2.45) is 0 Å². The van der Waals surface area contributed by atoms with E-state index in [1.54, 1.807) is 0 Å². The third-order valence-electron chi connectivity index (χ3n) is 9.64. The lowest BCUT2D eigenvalue weighted by molar-refractivity contribution is 0.974. The summed E-state index contributed by atoms with van der Waals surface area (Å²) in [5.41, 5.74) is 15.1. The SMILES string of the molecule is C=C(/C=C(\CCC)c1ccc2c(c1)c1ccccc1n2-c1cccc(-c2ccccc2)c1)c1ccccc1Nc1cccc(-c2ccccc2)c1.CC. The Morgan fingerprint density at radius 3 is 1.91 bits per heavy atom. The van der Waals surface area contributed by atoms with E-state index in [-0.39, 0.29) is 0 Å². The van der Waals surface area contributed by atoms with E-state index in [0.717, 1.165) is 41.0 Å². The molecule has 0 bridgehead atoms. The van der Waals surface area contributed by atoms with Crippen molar-refractivity contribution in [3.05, 3.63) is 200 Å². The molecule has 0 saturated heterocycles. The number of para-hydroxylation sites is 2. The second-order valence-electron chi connectivity index (χ2n) is 13.1. The minimum absolute atomic E-state index is 0.955. The van der Waals surface area contributed by atoms with Gasteiger partial charge in [-0.3, -0.25) is 0 Å². The Bertz CT molecular complexity index is 2520. The van der Waals surface area contributed by atoms with Gasteiger partial charge in [-0.25, -0.2) is 0 Å². The zero-order valence-electron chi connectivity index (χ0n) is 30.9. The van der Waals surface area contributed by atoms with E-state index in [2.05, 4.69) is 205 Å². The second-order valence-corrected chi connectivity index (χ2v) is 13.1. The molecule has 260 valence electrons. The van der Waals surface area contributed by atoms with E-state index < -0.39 is 0 Å². The summed E-state index contributed by atoms with van der Waals surface area (Å²) in [5.74, 6) is 0. The van der Waals surface area contributed by atoms with Crippen LogP contribution in [0.5, 0.6) is 0 Å². The van der Waals surface area contributed by atoms with Crippen LogP contribution in [0.25, 0.3) is 60.9 Å². The van der Waals surface area contributed by atoms with Gasteiger partial charge in [0.2, 0.25) is 0 Å². The molecule has 0 aliphatic rings. The van der Waals surface area contributed by atoms with E-state index in [0.29, 0.717) is 0 Å². The first-order chi connectivity index (χ1) is 26.2. The molecule has 1 N–H and O–H groups in total. The van der Waals surface area contributed by atoms with Crippen molar-refractivity contribution in [2.45, 2.75) is 33.6 Å². The predicted octanol–water partition coefficient (Wildman–Crippen LogP) is 14.8. The van der Waals surface area contributed by atoms with E-state index in [9.17, 15) is 0 Å². The first-order valence-corrected chi connectivity index (χ1v) is 18.8. The zero-order valence-corrected chi connectivity index (χ0v) is 30.9. The largest absolute Gasteiger partial charge is 0.355 e. The van der Waals surface area contributed by atoms with Crippen LogP contribution in [-0.2, 0) is 0 Å². The Hall–Kier alpha value is -6.38. The van der Waals surface area contributed by atoms with Gasteiger partial charge in [-0.15, -0.1) is 0 Å². The second kappa shape index (κ2) is 16.3. The maximum atomic E-state index is 4.61. The summed E-state index contributed by atoms with van der Waals surface area (Å²) in [7, 11) is 0. The molecule has 2 heteroatoms. The Balaban J connectivity index is 0.00000214. The quantitative estimate of drug-likeness (QED) is 0.142. The topological polar surface area (TPSA) is 17.0 Å². The van der Waals surface area contributed by atoms with Crippen molar-refractivity contribution < 1.29 is 0 Å². The van der Waals surface area contributed by atoms with Crippen LogP contribution in [0.2, 0.25) is 0 Å². The van der Waals surface area contributed by atoms with Crippen LogP contribution in [0.15, 0.2) is 189 Å². The highest BCUT2D eigenvalue weighted by Crippen LogP contribution is 2.37. The Kier molecular flexibility index (Phi) is 10.8. The molecule has 1 aromatic heterocycles. The standard InChI is InChI=1S/C49H40N2.C2H6/c1-3-16-38(31-35(2)44-25-10-12-27-47(44)50-42-23-14-21-39(32-42)36-17-6-4-7-18-36)41-29-30-49-46(34-41)45-26-11-13-28-48(45)51(49)43-24-15-22-40(33-43)37-19-8-5-9-20-37;1-2/h4-15,17-34,50H,2-3,16H2,1H3;1-2H3/b38-31+;. The lowest BCUT2D eigenvalue weighted by atomic mass is 9.95. The smallest absolute Gasteiger partial charge is 0.0541 e. The van der Waals surface area contributed by atoms with Gasteiger partial charge in [0, 0.05) is 33.4 Å². The molecule has 8 aromatic rings. The monoisotopic (exact) mass is 686 g/mol. The lowest BCUT2D eigenvalue weighted by Gasteiger charge is -2.15. The first kappa shape index (κ1) is 35.0. The van der Waals surface area contributed by atoms with E-state index >= 15 is 0 Å². The van der Waals surface area contributed by atoms with Gasteiger partial charge in [-0.1, -0.05) is 167 Å². The molecule has 0 aliphatic heterocycles.